The monoisotopic (exact) mass is 265 g/mol. The first kappa shape index (κ1) is 13.8. The standard InChI is InChI=1S/C14H20FN3O/c1-2-18-7-5-10(6-8-18)17-11-3-4-13(15)12(9-11)14(16)19/h3-4,9-10,17H,2,5-8H2,1H3,(H2,16,19). The van der Waals surface area contributed by atoms with Crippen LogP contribution in [0.3, 0.4) is 0 Å². The van der Waals surface area contributed by atoms with Crippen LogP contribution in [0.15, 0.2) is 18.2 Å². The number of likely N-dealkylation sites (tertiary alicyclic amines) is 1. The summed E-state index contributed by atoms with van der Waals surface area (Å²) in [6, 6.07) is 4.79. The first-order valence-electron chi connectivity index (χ1n) is 6.68. The van der Waals surface area contributed by atoms with Crippen molar-refractivity contribution in [3.05, 3.63) is 29.6 Å². The highest BCUT2D eigenvalue weighted by atomic mass is 19.1. The molecule has 104 valence electrons. The van der Waals surface area contributed by atoms with Gasteiger partial charge < -0.3 is 16.0 Å². The van der Waals surface area contributed by atoms with Gasteiger partial charge in [-0.1, -0.05) is 6.92 Å². The third kappa shape index (κ3) is 3.44. The molecule has 0 spiro atoms. The van der Waals surface area contributed by atoms with E-state index < -0.39 is 11.7 Å². The highest BCUT2D eigenvalue weighted by molar-refractivity contribution is 5.94. The molecule has 2 rings (SSSR count). The zero-order chi connectivity index (χ0) is 13.8. The molecule has 1 fully saturated rings. The van der Waals surface area contributed by atoms with Crippen LogP contribution in [0.5, 0.6) is 0 Å². The number of benzene rings is 1. The predicted octanol–water partition coefficient (Wildman–Crippen LogP) is 1.82. The molecule has 0 aromatic heterocycles. The second kappa shape index (κ2) is 6.02. The minimum absolute atomic E-state index is 0.0593. The Morgan fingerprint density at radius 2 is 2.16 bits per heavy atom. The lowest BCUT2D eigenvalue weighted by molar-refractivity contribution is 0.0996. The number of rotatable bonds is 4. The molecule has 3 N–H and O–H groups in total. The van der Waals surface area contributed by atoms with Crippen molar-refractivity contribution in [2.75, 3.05) is 25.0 Å². The molecule has 0 aliphatic carbocycles. The van der Waals surface area contributed by atoms with E-state index in [9.17, 15) is 9.18 Å². The van der Waals surface area contributed by atoms with Crippen LogP contribution in [0.2, 0.25) is 0 Å². The number of amides is 1. The van der Waals surface area contributed by atoms with Crippen LogP contribution >= 0.6 is 0 Å². The minimum Gasteiger partial charge on any atom is -0.382 e. The number of nitrogens with one attached hydrogen (secondary N) is 1. The molecule has 1 aliphatic rings. The van der Waals surface area contributed by atoms with E-state index in [0.717, 1.165) is 38.2 Å². The Labute approximate surface area is 112 Å². The number of nitrogens with zero attached hydrogens (tertiary/aromatic N) is 1. The zero-order valence-electron chi connectivity index (χ0n) is 11.2. The summed E-state index contributed by atoms with van der Waals surface area (Å²) >= 11 is 0. The van der Waals surface area contributed by atoms with Crippen LogP contribution in [0.4, 0.5) is 10.1 Å². The summed E-state index contributed by atoms with van der Waals surface area (Å²) in [6.07, 6.45) is 2.11. The van der Waals surface area contributed by atoms with Crippen LogP contribution in [0.25, 0.3) is 0 Å². The topological polar surface area (TPSA) is 58.4 Å². The van der Waals surface area contributed by atoms with Crippen molar-refractivity contribution in [3.8, 4) is 0 Å². The van der Waals surface area contributed by atoms with Crippen molar-refractivity contribution in [2.24, 2.45) is 5.73 Å². The molecule has 0 atom stereocenters. The maximum atomic E-state index is 13.4. The predicted molar refractivity (Wildman–Crippen MR) is 73.7 cm³/mol. The van der Waals surface area contributed by atoms with Gasteiger partial charge in [0.15, 0.2) is 0 Å². The summed E-state index contributed by atoms with van der Waals surface area (Å²) in [6.45, 7) is 5.37. The first-order chi connectivity index (χ1) is 9.10. The highest BCUT2D eigenvalue weighted by Crippen LogP contribution is 2.19. The summed E-state index contributed by atoms with van der Waals surface area (Å²) in [7, 11) is 0. The van der Waals surface area contributed by atoms with Gasteiger partial charge in [-0.25, -0.2) is 4.39 Å². The van der Waals surface area contributed by atoms with Crippen molar-refractivity contribution in [2.45, 2.75) is 25.8 Å². The molecule has 1 aromatic carbocycles. The van der Waals surface area contributed by atoms with Crippen LogP contribution in [0.1, 0.15) is 30.1 Å². The van der Waals surface area contributed by atoms with Gasteiger partial charge in [0.05, 0.1) is 5.56 Å². The van der Waals surface area contributed by atoms with E-state index in [1.807, 2.05) is 0 Å². The van der Waals surface area contributed by atoms with Crippen molar-refractivity contribution in [3.63, 3.8) is 0 Å². The van der Waals surface area contributed by atoms with E-state index in [-0.39, 0.29) is 5.56 Å². The van der Waals surface area contributed by atoms with Gasteiger partial charge in [-0.2, -0.15) is 0 Å². The average molecular weight is 265 g/mol. The molecule has 0 saturated carbocycles. The normalized spacial score (nSPS) is 17.4. The van der Waals surface area contributed by atoms with Crippen molar-refractivity contribution < 1.29 is 9.18 Å². The van der Waals surface area contributed by atoms with E-state index >= 15 is 0 Å². The molecule has 1 heterocycles. The highest BCUT2D eigenvalue weighted by Gasteiger charge is 2.18. The van der Waals surface area contributed by atoms with Crippen molar-refractivity contribution in [1.29, 1.82) is 0 Å². The Kier molecular flexibility index (Phi) is 4.37. The summed E-state index contributed by atoms with van der Waals surface area (Å²) in [5.41, 5.74) is 5.83. The molecule has 1 amide bonds. The summed E-state index contributed by atoms with van der Waals surface area (Å²) < 4.78 is 13.4. The van der Waals surface area contributed by atoms with Gasteiger partial charge in [-0.3, -0.25) is 4.79 Å². The van der Waals surface area contributed by atoms with E-state index in [1.165, 1.54) is 12.1 Å². The second-order valence-electron chi connectivity index (χ2n) is 4.91. The van der Waals surface area contributed by atoms with E-state index in [2.05, 4.69) is 17.1 Å². The molecule has 0 bridgehead atoms. The number of carbonyl (C=O) groups excluding carboxylic acids is 1. The van der Waals surface area contributed by atoms with Gasteiger partial charge in [0.1, 0.15) is 5.82 Å². The Morgan fingerprint density at radius 1 is 1.47 bits per heavy atom. The third-order valence-corrected chi connectivity index (χ3v) is 3.64. The van der Waals surface area contributed by atoms with Gasteiger partial charge in [-0.15, -0.1) is 0 Å². The maximum Gasteiger partial charge on any atom is 0.251 e. The number of halogens is 1. The minimum atomic E-state index is -0.734. The molecule has 19 heavy (non-hydrogen) atoms. The molecule has 1 aliphatic heterocycles. The number of hydrogen-bond donors (Lipinski definition) is 2. The number of carbonyl (C=O) groups is 1. The van der Waals surface area contributed by atoms with Gasteiger partial charge in [-0.05, 0) is 37.6 Å². The third-order valence-electron chi connectivity index (χ3n) is 3.64. The fraction of sp³-hybridized carbons (Fsp3) is 0.500. The van der Waals surface area contributed by atoms with Gasteiger partial charge in [0.25, 0.3) is 5.91 Å². The fourth-order valence-electron chi connectivity index (χ4n) is 2.43. The smallest absolute Gasteiger partial charge is 0.251 e. The quantitative estimate of drug-likeness (QED) is 0.873. The Hall–Kier alpha value is -1.62. The lowest BCUT2D eigenvalue weighted by Crippen LogP contribution is -2.38. The molecular weight excluding hydrogens is 245 g/mol. The molecule has 1 saturated heterocycles. The average Bonchev–Trinajstić information content (AvgIpc) is 2.41. The molecular formula is C14H20FN3O. The number of nitrogens with two attached hydrogens (primary N) is 1. The van der Waals surface area contributed by atoms with E-state index in [1.54, 1.807) is 6.07 Å². The number of hydrogen-bond acceptors (Lipinski definition) is 3. The molecule has 0 unspecified atom stereocenters. The number of piperidine rings is 1. The summed E-state index contributed by atoms with van der Waals surface area (Å²) in [5.74, 6) is -1.30. The van der Waals surface area contributed by atoms with Crippen molar-refractivity contribution >= 4 is 11.6 Å². The Bertz CT molecular complexity index is 456. The van der Waals surface area contributed by atoms with E-state index in [0.29, 0.717) is 6.04 Å². The van der Waals surface area contributed by atoms with Crippen LogP contribution < -0.4 is 11.1 Å². The summed E-state index contributed by atoms with van der Waals surface area (Å²) in [4.78, 5) is 13.5. The van der Waals surface area contributed by atoms with Crippen LogP contribution in [-0.2, 0) is 0 Å². The molecule has 0 radical (unpaired) electrons. The first-order valence-corrected chi connectivity index (χ1v) is 6.68. The maximum absolute atomic E-state index is 13.4. The number of anilines is 1. The Morgan fingerprint density at radius 3 is 2.74 bits per heavy atom. The molecule has 5 heteroatoms. The Balaban J connectivity index is 2.00. The molecule has 1 aromatic rings. The van der Waals surface area contributed by atoms with Crippen LogP contribution in [0, 0.1) is 5.82 Å². The van der Waals surface area contributed by atoms with Gasteiger partial charge in [0.2, 0.25) is 0 Å². The zero-order valence-corrected chi connectivity index (χ0v) is 11.2. The number of primary amides is 1. The van der Waals surface area contributed by atoms with Crippen LogP contribution in [-0.4, -0.2) is 36.5 Å². The lowest BCUT2D eigenvalue weighted by Gasteiger charge is -2.32. The fourth-order valence-corrected chi connectivity index (χ4v) is 2.43. The summed E-state index contributed by atoms with van der Waals surface area (Å²) in [5, 5.41) is 3.35. The lowest BCUT2D eigenvalue weighted by atomic mass is 10.0. The van der Waals surface area contributed by atoms with Crippen molar-refractivity contribution in [1.82, 2.24) is 4.90 Å². The molecule has 4 nitrogen and oxygen atoms in total. The largest absolute Gasteiger partial charge is 0.382 e. The van der Waals surface area contributed by atoms with E-state index in [4.69, 9.17) is 5.73 Å². The van der Waals surface area contributed by atoms with Gasteiger partial charge in [0, 0.05) is 24.8 Å². The van der Waals surface area contributed by atoms with Gasteiger partial charge >= 0.3 is 0 Å². The second-order valence-corrected chi connectivity index (χ2v) is 4.91. The SMILES string of the molecule is CCN1CCC(Nc2ccc(F)c(C(N)=O)c2)CC1.